The zero-order chi connectivity index (χ0) is 31.9. The Balaban J connectivity index is 1.81. The number of aromatic nitrogens is 2. The Morgan fingerprint density at radius 2 is 1.53 bits per heavy atom. The summed E-state index contributed by atoms with van der Waals surface area (Å²) in [7, 11) is -2.51. The number of anilines is 3. The third-order valence-electron chi connectivity index (χ3n) is 6.06. The highest BCUT2D eigenvalue weighted by Crippen LogP contribution is 2.38. The number of carbonyl (C=O) groups excluding carboxylic acids is 1. The van der Waals surface area contributed by atoms with Crippen molar-refractivity contribution >= 4 is 44.3 Å². The summed E-state index contributed by atoms with van der Waals surface area (Å²) in [6, 6.07) is 9.44. The van der Waals surface area contributed by atoms with Gasteiger partial charge in [0.1, 0.15) is 22.1 Å². The van der Waals surface area contributed by atoms with Crippen molar-refractivity contribution in [2.75, 3.05) is 23.5 Å². The number of hydrogen-bond acceptors (Lipinski definition) is 7. The molecule has 0 bridgehead atoms. The van der Waals surface area contributed by atoms with Gasteiger partial charge in [-0.05, 0) is 49.4 Å². The van der Waals surface area contributed by atoms with Gasteiger partial charge in [0.15, 0.2) is 27.3 Å². The lowest BCUT2D eigenvalue weighted by atomic mass is 10.1. The molecule has 43 heavy (non-hydrogen) atoms. The zero-order valence-corrected chi connectivity index (χ0v) is 23.6. The largest absolute Gasteiger partial charge is 0.416 e. The summed E-state index contributed by atoms with van der Waals surface area (Å²) < 4.78 is 107. The summed E-state index contributed by atoms with van der Waals surface area (Å²) in [5.41, 5.74) is -1.06. The second-order valence-corrected chi connectivity index (χ2v) is 11.3. The van der Waals surface area contributed by atoms with Crippen LogP contribution >= 0.6 is 0 Å². The van der Waals surface area contributed by atoms with Crippen LogP contribution in [0.2, 0.25) is 0 Å². The summed E-state index contributed by atoms with van der Waals surface area (Å²) in [6.45, 7) is 2.47. The van der Waals surface area contributed by atoms with Crippen molar-refractivity contribution in [3.63, 3.8) is 0 Å². The molecule has 0 fully saturated rings. The van der Waals surface area contributed by atoms with E-state index in [9.17, 15) is 39.6 Å². The first-order valence-electron chi connectivity index (χ1n) is 12.2. The molecule has 16 heteroatoms. The van der Waals surface area contributed by atoms with E-state index in [1.54, 1.807) is 7.05 Å². The van der Waals surface area contributed by atoms with Crippen LogP contribution in [0.5, 0.6) is 0 Å². The van der Waals surface area contributed by atoms with Gasteiger partial charge in [0.2, 0.25) is 5.91 Å². The van der Waals surface area contributed by atoms with E-state index in [1.165, 1.54) is 49.1 Å². The molecule has 0 aliphatic rings. The van der Waals surface area contributed by atoms with Gasteiger partial charge in [0, 0.05) is 43.7 Å². The summed E-state index contributed by atoms with van der Waals surface area (Å²) in [4.78, 5) is 13.0. The summed E-state index contributed by atoms with van der Waals surface area (Å²) in [6.07, 6.45) is -3.69. The van der Waals surface area contributed by atoms with Gasteiger partial charge in [0.05, 0.1) is 16.9 Å². The monoisotopic (exact) mass is 624 g/mol. The van der Waals surface area contributed by atoms with Crippen molar-refractivity contribution in [2.45, 2.75) is 24.9 Å². The van der Waals surface area contributed by atoms with Gasteiger partial charge in [-0.25, -0.2) is 26.3 Å². The van der Waals surface area contributed by atoms with E-state index in [0.29, 0.717) is 28.2 Å². The number of sulfone groups is 1. The molecular weight excluding hydrogens is 602 g/mol. The van der Waals surface area contributed by atoms with E-state index in [4.69, 9.17) is 0 Å². The molecule has 4 aromatic rings. The molecule has 9 nitrogen and oxygen atoms in total. The number of benzene rings is 3. The standard InChI is InChI=1S/C27H22F6N6O3S/c1-14-25(43(4,41)42)26(39(37-14)24-20(29)11-17(28)12-21(24)30)36-35-22-10-9-19(13-23(22)34-15(2)40)38(3)18-7-5-16(6-8-18)27(31,32)33/h5-13H,1-4H3,(H,34,40). The number of alkyl halides is 3. The fourth-order valence-corrected chi connectivity index (χ4v) is 5.19. The second-order valence-electron chi connectivity index (χ2n) is 9.33. The van der Waals surface area contributed by atoms with Crippen LogP contribution < -0.4 is 10.2 Å². The molecule has 1 N–H and O–H groups in total. The number of amides is 1. The molecule has 4 rings (SSSR count). The first-order valence-corrected chi connectivity index (χ1v) is 14.1. The van der Waals surface area contributed by atoms with Crippen molar-refractivity contribution < 1.29 is 39.6 Å². The number of halogens is 6. The van der Waals surface area contributed by atoms with E-state index < -0.39 is 61.3 Å². The van der Waals surface area contributed by atoms with Crippen LogP contribution in [0.25, 0.3) is 5.69 Å². The average Bonchev–Trinajstić information content (AvgIpc) is 3.22. The van der Waals surface area contributed by atoms with Crippen LogP contribution in [0, 0.1) is 24.4 Å². The van der Waals surface area contributed by atoms with Crippen LogP contribution in [0.4, 0.5) is 54.9 Å². The lowest BCUT2D eigenvalue weighted by Crippen LogP contribution is -2.12. The van der Waals surface area contributed by atoms with Crippen LogP contribution in [-0.4, -0.2) is 37.4 Å². The number of hydrogen-bond donors (Lipinski definition) is 1. The molecule has 0 saturated heterocycles. The normalized spacial score (nSPS) is 12.1. The maximum absolute atomic E-state index is 14.7. The van der Waals surface area contributed by atoms with Crippen molar-refractivity contribution in [3.05, 3.63) is 83.3 Å². The lowest BCUT2D eigenvalue weighted by molar-refractivity contribution is -0.137. The zero-order valence-electron chi connectivity index (χ0n) is 22.8. The van der Waals surface area contributed by atoms with Gasteiger partial charge >= 0.3 is 6.18 Å². The summed E-state index contributed by atoms with van der Waals surface area (Å²) in [5, 5.41) is 14.4. The molecular formula is C27H22F6N6O3S. The molecule has 1 aromatic heterocycles. The molecule has 0 aliphatic carbocycles. The predicted molar refractivity (Wildman–Crippen MR) is 146 cm³/mol. The Morgan fingerprint density at radius 1 is 0.953 bits per heavy atom. The molecule has 0 spiro atoms. The Hall–Kier alpha value is -4.73. The smallest absolute Gasteiger partial charge is 0.345 e. The minimum absolute atomic E-state index is 0.0235. The topological polar surface area (TPSA) is 109 Å². The number of carbonyl (C=O) groups is 1. The molecule has 1 heterocycles. The van der Waals surface area contributed by atoms with E-state index in [2.05, 4.69) is 20.6 Å². The molecule has 0 saturated carbocycles. The van der Waals surface area contributed by atoms with Gasteiger partial charge in [-0.15, -0.1) is 10.2 Å². The van der Waals surface area contributed by atoms with E-state index in [0.717, 1.165) is 18.4 Å². The third-order valence-corrected chi connectivity index (χ3v) is 7.28. The van der Waals surface area contributed by atoms with E-state index >= 15 is 0 Å². The Bertz CT molecular complexity index is 1830. The van der Waals surface area contributed by atoms with Gasteiger partial charge in [-0.1, -0.05) is 0 Å². The van der Waals surface area contributed by atoms with Gasteiger partial charge in [-0.3, -0.25) is 4.79 Å². The van der Waals surface area contributed by atoms with Gasteiger partial charge in [0.25, 0.3) is 0 Å². The van der Waals surface area contributed by atoms with E-state index in [-0.39, 0.29) is 17.1 Å². The maximum Gasteiger partial charge on any atom is 0.416 e. The summed E-state index contributed by atoms with van der Waals surface area (Å²) >= 11 is 0. The third kappa shape index (κ3) is 6.69. The molecule has 226 valence electrons. The van der Waals surface area contributed by atoms with Gasteiger partial charge < -0.3 is 10.2 Å². The summed E-state index contributed by atoms with van der Waals surface area (Å²) in [5.74, 6) is -5.10. The van der Waals surface area contributed by atoms with Crippen molar-refractivity contribution in [2.24, 2.45) is 10.2 Å². The Kier molecular flexibility index (Phi) is 8.35. The average molecular weight is 625 g/mol. The van der Waals surface area contributed by atoms with Crippen LogP contribution in [-0.2, 0) is 20.8 Å². The molecule has 1 amide bonds. The maximum atomic E-state index is 14.7. The SMILES string of the molecule is CC(=O)Nc1cc(N(C)c2ccc(C(F)(F)F)cc2)ccc1N=Nc1c(S(C)(=O)=O)c(C)nn1-c1c(F)cc(F)cc1F. The molecule has 0 aliphatic heterocycles. The number of rotatable bonds is 7. The number of aryl methyl sites for hydroxylation is 1. The fraction of sp³-hybridized carbons (Fsp3) is 0.185. The second kappa shape index (κ2) is 11.5. The minimum atomic E-state index is -4.51. The number of azo groups is 1. The number of nitrogens with zero attached hydrogens (tertiary/aromatic N) is 5. The minimum Gasteiger partial charge on any atom is -0.345 e. The van der Waals surface area contributed by atoms with E-state index in [1.807, 2.05) is 0 Å². The highest BCUT2D eigenvalue weighted by molar-refractivity contribution is 7.91. The lowest BCUT2D eigenvalue weighted by Gasteiger charge is -2.21. The van der Waals surface area contributed by atoms with Crippen LogP contribution in [0.1, 0.15) is 18.2 Å². The predicted octanol–water partition coefficient (Wildman–Crippen LogP) is 7.16. The Morgan fingerprint density at radius 3 is 2.07 bits per heavy atom. The molecule has 0 atom stereocenters. The number of nitrogens with one attached hydrogen (secondary N) is 1. The van der Waals surface area contributed by atoms with Gasteiger partial charge in [-0.2, -0.15) is 18.3 Å². The van der Waals surface area contributed by atoms with Crippen LogP contribution in [0.15, 0.2) is 69.7 Å². The highest BCUT2D eigenvalue weighted by atomic mass is 32.2. The fourth-order valence-electron chi connectivity index (χ4n) is 4.15. The Labute approximate surface area is 241 Å². The first kappa shape index (κ1) is 31.2. The van der Waals surface area contributed by atoms with Crippen LogP contribution in [0.3, 0.4) is 0 Å². The molecule has 0 radical (unpaired) electrons. The highest BCUT2D eigenvalue weighted by Gasteiger charge is 2.30. The van der Waals surface area contributed by atoms with Crippen molar-refractivity contribution in [1.29, 1.82) is 0 Å². The molecule has 3 aromatic carbocycles. The van der Waals surface area contributed by atoms with Crippen molar-refractivity contribution in [3.8, 4) is 5.69 Å². The quantitative estimate of drug-likeness (QED) is 0.173. The molecule has 0 unspecified atom stereocenters. The first-order chi connectivity index (χ1) is 20.0. The van der Waals surface area contributed by atoms with Crippen molar-refractivity contribution in [1.82, 2.24) is 9.78 Å².